The summed E-state index contributed by atoms with van der Waals surface area (Å²) in [6, 6.07) is 9.80. The average Bonchev–Trinajstić information content (AvgIpc) is 3.35. The molecule has 0 spiro atoms. The topological polar surface area (TPSA) is 65.5 Å². The van der Waals surface area contributed by atoms with E-state index in [9.17, 15) is 4.79 Å². The molecule has 0 aliphatic heterocycles. The highest BCUT2D eigenvalue weighted by atomic mass is 16.3. The van der Waals surface area contributed by atoms with Crippen LogP contribution >= 0.6 is 0 Å². The van der Waals surface area contributed by atoms with Gasteiger partial charge in [-0.25, -0.2) is 4.98 Å². The Labute approximate surface area is 123 Å². The number of amides is 1. The van der Waals surface area contributed by atoms with Gasteiger partial charge in [0.1, 0.15) is 5.69 Å². The molecule has 0 radical (unpaired) electrons. The Kier molecular flexibility index (Phi) is 3.75. The third kappa shape index (κ3) is 2.69. The summed E-state index contributed by atoms with van der Waals surface area (Å²) in [4.78, 5) is 18.9. The normalized spacial score (nSPS) is 14.2. The average molecular weight is 285 g/mol. The van der Waals surface area contributed by atoms with Crippen LogP contribution in [-0.4, -0.2) is 47.1 Å². The molecule has 2 aromatic rings. The molecule has 0 bridgehead atoms. The maximum atomic E-state index is 12.7. The summed E-state index contributed by atoms with van der Waals surface area (Å²) < 4.78 is 0. The summed E-state index contributed by atoms with van der Waals surface area (Å²) in [5.74, 6) is -0.103. The Balaban J connectivity index is 2.01. The van der Waals surface area contributed by atoms with Crippen molar-refractivity contribution in [1.29, 1.82) is 0 Å². The first-order chi connectivity index (χ1) is 10.2. The van der Waals surface area contributed by atoms with E-state index in [2.05, 4.69) is 10.3 Å². The van der Waals surface area contributed by atoms with Crippen molar-refractivity contribution in [3.63, 3.8) is 0 Å². The number of aliphatic hydroxyl groups excluding tert-OH is 1. The second-order valence-corrected chi connectivity index (χ2v) is 5.28. The Morgan fingerprint density at radius 1 is 1.43 bits per heavy atom. The largest absolute Gasteiger partial charge is 0.395 e. The van der Waals surface area contributed by atoms with E-state index in [4.69, 9.17) is 5.11 Å². The van der Waals surface area contributed by atoms with E-state index in [0.717, 1.165) is 29.4 Å². The van der Waals surface area contributed by atoms with Crippen LogP contribution in [-0.2, 0) is 0 Å². The van der Waals surface area contributed by atoms with E-state index in [1.165, 1.54) is 0 Å². The Bertz CT molecular complexity index is 668. The summed E-state index contributed by atoms with van der Waals surface area (Å²) >= 11 is 0. The minimum Gasteiger partial charge on any atom is -0.395 e. The van der Waals surface area contributed by atoms with Crippen LogP contribution in [0.25, 0.3) is 10.9 Å². The number of carbonyl (C=O) groups excluding carboxylic acids is 1. The molecule has 21 heavy (non-hydrogen) atoms. The highest BCUT2D eigenvalue weighted by Gasteiger charge is 2.33. The van der Waals surface area contributed by atoms with Gasteiger partial charge in [0, 0.05) is 30.7 Å². The van der Waals surface area contributed by atoms with Crippen LogP contribution in [0.15, 0.2) is 30.3 Å². The number of rotatable bonds is 5. The predicted octanol–water partition coefficient (Wildman–Crippen LogP) is 1.87. The van der Waals surface area contributed by atoms with E-state index in [0.29, 0.717) is 12.2 Å². The molecule has 0 unspecified atom stereocenters. The van der Waals surface area contributed by atoms with Crippen LogP contribution in [0.5, 0.6) is 0 Å². The van der Waals surface area contributed by atoms with E-state index >= 15 is 0 Å². The molecule has 1 aliphatic carbocycles. The van der Waals surface area contributed by atoms with E-state index in [1.807, 2.05) is 31.3 Å². The van der Waals surface area contributed by atoms with Crippen molar-refractivity contribution in [3.8, 4) is 0 Å². The Morgan fingerprint density at radius 3 is 2.86 bits per heavy atom. The predicted molar refractivity (Wildman–Crippen MR) is 82.4 cm³/mol. The maximum absolute atomic E-state index is 12.7. The van der Waals surface area contributed by atoms with Gasteiger partial charge < -0.3 is 15.3 Å². The molecule has 1 fully saturated rings. The maximum Gasteiger partial charge on any atom is 0.272 e. The second-order valence-electron chi connectivity index (χ2n) is 5.28. The van der Waals surface area contributed by atoms with Gasteiger partial charge >= 0.3 is 0 Å². The fraction of sp³-hybridized carbons (Fsp3) is 0.375. The smallest absolute Gasteiger partial charge is 0.272 e. The number of hydrogen-bond acceptors (Lipinski definition) is 4. The van der Waals surface area contributed by atoms with Crippen LogP contribution in [0, 0.1) is 0 Å². The molecule has 0 saturated heterocycles. The summed E-state index contributed by atoms with van der Waals surface area (Å²) in [7, 11) is 1.84. The van der Waals surface area contributed by atoms with Gasteiger partial charge in [0.2, 0.25) is 0 Å². The molecule has 1 saturated carbocycles. The van der Waals surface area contributed by atoms with Gasteiger partial charge in [0.25, 0.3) is 5.91 Å². The second kappa shape index (κ2) is 5.69. The van der Waals surface area contributed by atoms with Crippen LogP contribution in [0.3, 0.4) is 0 Å². The Hall–Kier alpha value is -2.14. The Morgan fingerprint density at radius 2 is 2.19 bits per heavy atom. The molecule has 5 heteroatoms. The third-order valence-electron chi connectivity index (χ3n) is 3.79. The van der Waals surface area contributed by atoms with Crippen molar-refractivity contribution >= 4 is 22.5 Å². The standard InChI is InChI=1S/C16H19N3O2/c1-17-14-10-15(18-13-5-3-2-4-12(13)14)16(21)19(8-9-20)11-6-7-11/h2-5,10-11,20H,6-9H2,1H3,(H,17,18). The quantitative estimate of drug-likeness (QED) is 0.880. The van der Waals surface area contributed by atoms with Gasteiger partial charge in [0.15, 0.2) is 0 Å². The molecular formula is C16H19N3O2. The van der Waals surface area contributed by atoms with Crippen LogP contribution < -0.4 is 5.32 Å². The highest BCUT2D eigenvalue weighted by molar-refractivity contribution is 5.99. The van der Waals surface area contributed by atoms with Crippen molar-refractivity contribution in [3.05, 3.63) is 36.0 Å². The summed E-state index contributed by atoms with van der Waals surface area (Å²) in [6.07, 6.45) is 2.02. The lowest BCUT2D eigenvalue weighted by Gasteiger charge is -2.21. The van der Waals surface area contributed by atoms with Crippen LogP contribution in [0.4, 0.5) is 5.69 Å². The molecule has 1 aromatic heterocycles. The molecule has 1 aromatic carbocycles. The fourth-order valence-corrected chi connectivity index (χ4v) is 2.58. The van der Waals surface area contributed by atoms with E-state index < -0.39 is 0 Å². The van der Waals surface area contributed by atoms with Gasteiger partial charge in [-0.15, -0.1) is 0 Å². The number of anilines is 1. The minimum absolute atomic E-state index is 0.0191. The number of nitrogens with one attached hydrogen (secondary N) is 1. The summed E-state index contributed by atoms with van der Waals surface area (Å²) in [5.41, 5.74) is 2.12. The van der Waals surface area contributed by atoms with Crippen molar-refractivity contribution in [2.75, 3.05) is 25.5 Å². The number of carbonyl (C=O) groups is 1. The lowest BCUT2D eigenvalue weighted by Crippen LogP contribution is -2.36. The molecule has 0 atom stereocenters. The van der Waals surface area contributed by atoms with Crippen LogP contribution in [0.2, 0.25) is 0 Å². The first-order valence-electron chi connectivity index (χ1n) is 7.24. The summed E-state index contributed by atoms with van der Waals surface area (Å²) in [6.45, 7) is 0.349. The van der Waals surface area contributed by atoms with Crippen molar-refractivity contribution in [2.24, 2.45) is 0 Å². The lowest BCUT2D eigenvalue weighted by molar-refractivity contribution is 0.0702. The molecule has 1 heterocycles. The van der Waals surface area contributed by atoms with Gasteiger partial charge in [-0.2, -0.15) is 0 Å². The van der Waals surface area contributed by atoms with Crippen molar-refractivity contribution in [1.82, 2.24) is 9.88 Å². The zero-order chi connectivity index (χ0) is 14.8. The van der Waals surface area contributed by atoms with Gasteiger partial charge in [-0.05, 0) is 25.0 Å². The minimum atomic E-state index is -0.103. The van der Waals surface area contributed by atoms with E-state index in [-0.39, 0.29) is 18.6 Å². The zero-order valence-corrected chi connectivity index (χ0v) is 12.0. The number of fused-ring (bicyclic) bond motifs is 1. The van der Waals surface area contributed by atoms with Gasteiger partial charge in [-0.3, -0.25) is 4.79 Å². The number of hydrogen-bond donors (Lipinski definition) is 2. The fourth-order valence-electron chi connectivity index (χ4n) is 2.58. The molecule has 2 N–H and O–H groups in total. The number of pyridine rings is 1. The molecule has 1 amide bonds. The molecule has 5 nitrogen and oxygen atoms in total. The molecule has 3 rings (SSSR count). The first kappa shape index (κ1) is 13.8. The highest BCUT2D eigenvalue weighted by Crippen LogP contribution is 2.29. The van der Waals surface area contributed by atoms with E-state index in [1.54, 1.807) is 11.0 Å². The molecule has 1 aliphatic rings. The summed E-state index contributed by atoms with van der Waals surface area (Å²) in [5, 5.41) is 13.3. The zero-order valence-electron chi connectivity index (χ0n) is 12.0. The SMILES string of the molecule is CNc1cc(C(=O)N(CCO)C2CC2)nc2ccccc12. The number of nitrogens with zero attached hydrogens (tertiary/aromatic N) is 2. The van der Waals surface area contributed by atoms with Gasteiger partial charge in [-0.1, -0.05) is 18.2 Å². The van der Waals surface area contributed by atoms with Crippen molar-refractivity contribution in [2.45, 2.75) is 18.9 Å². The van der Waals surface area contributed by atoms with Crippen LogP contribution in [0.1, 0.15) is 23.3 Å². The number of benzene rings is 1. The lowest BCUT2D eigenvalue weighted by atomic mass is 10.1. The van der Waals surface area contributed by atoms with Gasteiger partial charge in [0.05, 0.1) is 12.1 Å². The molecule has 110 valence electrons. The third-order valence-corrected chi connectivity index (χ3v) is 3.79. The van der Waals surface area contributed by atoms with Crippen molar-refractivity contribution < 1.29 is 9.90 Å². The number of aliphatic hydroxyl groups is 1. The first-order valence-corrected chi connectivity index (χ1v) is 7.24. The number of para-hydroxylation sites is 1. The monoisotopic (exact) mass is 285 g/mol. The number of aromatic nitrogens is 1. The molecular weight excluding hydrogens is 266 g/mol.